The van der Waals surface area contributed by atoms with Gasteiger partial charge in [0.2, 0.25) is 0 Å². The summed E-state index contributed by atoms with van der Waals surface area (Å²) in [6.07, 6.45) is 2.79. The van der Waals surface area contributed by atoms with E-state index in [1.54, 1.807) is 11.8 Å². The first-order valence-electron chi connectivity index (χ1n) is 6.10. The van der Waals surface area contributed by atoms with Crippen LogP contribution in [0.15, 0.2) is 46.2 Å². The summed E-state index contributed by atoms with van der Waals surface area (Å²) < 4.78 is 0. The van der Waals surface area contributed by atoms with Gasteiger partial charge in [0.05, 0.1) is 11.6 Å². The summed E-state index contributed by atoms with van der Waals surface area (Å²) in [6.45, 7) is 0. The molecule has 3 rings (SSSR count). The van der Waals surface area contributed by atoms with Crippen LogP contribution >= 0.6 is 11.8 Å². The van der Waals surface area contributed by atoms with Crippen LogP contribution in [0, 0.1) is 11.3 Å². The number of fused-ring (bicyclic) bond motifs is 2. The van der Waals surface area contributed by atoms with Crippen LogP contribution in [-0.2, 0) is 12.8 Å². The summed E-state index contributed by atoms with van der Waals surface area (Å²) >= 11 is 1.60. The van der Waals surface area contributed by atoms with Gasteiger partial charge in [0.1, 0.15) is 0 Å². The van der Waals surface area contributed by atoms with Crippen LogP contribution in [0.3, 0.4) is 0 Å². The highest BCUT2D eigenvalue weighted by molar-refractivity contribution is 7.99. The average molecular weight is 265 g/mol. The molecule has 0 amide bonds. The Balaban J connectivity index is 2.14. The normalized spacial score (nSPS) is 12.8. The predicted octanol–water partition coefficient (Wildman–Crippen LogP) is 3.62. The van der Waals surface area contributed by atoms with Crippen molar-refractivity contribution in [2.75, 3.05) is 0 Å². The van der Waals surface area contributed by atoms with Crippen molar-refractivity contribution < 1.29 is 4.79 Å². The summed E-state index contributed by atoms with van der Waals surface area (Å²) in [5, 5.41) is 8.99. The molecule has 3 heteroatoms. The van der Waals surface area contributed by atoms with Crippen LogP contribution in [0.5, 0.6) is 0 Å². The molecule has 0 spiro atoms. The lowest BCUT2D eigenvalue weighted by atomic mass is 10.0. The summed E-state index contributed by atoms with van der Waals surface area (Å²) in [4.78, 5) is 13.3. The Kier molecular flexibility index (Phi) is 3.10. The summed E-state index contributed by atoms with van der Waals surface area (Å²) in [5.41, 5.74) is 3.86. The topological polar surface area (TPSA) is 40.9 Å². The molecule has 92 valence electrons. The molecule has 0 fully saturated rings. The molecule has 0 N–H and O–H groups in total. The van der Waals surface area contributed by atoms with E-state index in [0.29, 0.717) is 5.56 Å². The monoisotopic (exact) mass is 265 g/mol. The highest BCUT2D eigenvalue weighted by atomic mass is 32.2. The standard InChI is InChI=1S/C16H11NOS/c17-9-11-4-5-12-6-7-13-2-1-3-14(10-18)16(13)19-15(12)8-11/h1-5,8,10H,6-7H2. The second kappa shape index (κ2) is 4.91. The number of hydrogen-bond acceptors (Lipinski definition) is 3. The number of benzene rings is 2. The molecule has 2 aromatic rings. The quantitative estimate of drug-likeness (QED) is 0.739. The largest absolute Gasteiger partial charge is 0.298 e. The van der Waals surface area contributed by atoms with E-state index in [4.69, 9.17) is 5.26 Å². The third kappa shape index (κ3) is 2.16. The first-order valence-corrected chi connectivity index (χ1v) is 6.91. The fraction of sp³-hybridized carbons (Fsp3) is 0.125. The number of nitriles is 1. The molecule has 0 bridgehead atoms. The highest BCUT2D eigenvalue weighted by Crippen LogP contribution is 2.39. The molecule has 2 aromatic carbocycles. The van der Waals surface area contributed by atoms with Gasteiger partial charge in [-0.3, -0.25) is 4.79 Å². The van der Waals surface area contributed by atoms with Crippen LogP contribution in [-0.4, -0.2) is 6.29 Å². The minimum Gasteiger partial charge on any atom is -0.298 e. The molecule has 1 heterocycles. The Labute approximate surface area is 116 Å². The average Bonchev–Trinajstić information content (AvgIpc) is 2.65. The van der Waals surface area contributed by atoms with E-state index < -0.39 is 0 Å². The van der Waals surface area contributed by atoms with Gasteiger partial charge in [-0.2, -0.15) is 5.26 Å². The Morgan fingerprint density at radius 2 is 2.00 bits per heavy atom. The zero-order chi connectivity index (χ0) is 13.2. The SMILES string of the molecule is N#Cc1ccc2c(c1)Sc1c(C=O)cccc1CC2. The van der Waals surface area contributed by atoms with Gasteiger partial charge >= 0.3 is 0 Å². The van der Waals surface area contributed by atoms with E-state index in [1.807, 2.05) is 30.3 Å². The molecule has 0 saturated heterocycles. The van der Waals surface area contributed by atoms with Gasteiger partial charge in [-0.1, -0.05) is 36.0 Å². The van der Waals surface area contributed by atoms with Crippen molar-refractivity contribution >= 4 is 18.0 Å². The third-order valence-electron chi connectivity index (χ3n) is 3.33. The highest BCUT2D eigenvalue weighted by Gasteiger charge is 2.16. The van der Waals surface area contributed by atoms with Crippen molar-refractivity contribution in [3.63, 3.8) is 0 Å². The lowest BCUT2D eigenvalue weighted by Gasteiger charge is -2.08. The van der Waals surface area contributed by atoms with Gasteiger partial charge in [-0.15, -0.1) is 0 Å². The van der Waals surface area contributed by atoms with Gasteiger partial charge in [0.25, 0.3) is 0 Å². The van der Waals surface area contributed by atoms with Gasteiger partial charge in [0.15, 0.2) is 6.29 Å². The van der Waals surface area contributed by atoms with E-state index in [-0.39, 0.29) is 0 Å². The van der Waals surface area contributed by atoms with Gasteiger partial charge in [0, 0.05) is 15.4 Å². The molecule has 1 aliphatic rings. The van der Waals surface area contributed by atoms with Crippen LogP contribution in [0.1, 0.15) is 27.0 Å². The summed E-state index contributed by atoms with van der Waals surface area (Å²) in [6, 6.07) is 13.8. The van der Waals surface area contributed by atoms with Gasteiger partial charge in [-0.25, -0.2) is 0 Å². The summed E-state index contributed by atoms with van der Waals surface area (Å²) in [7, 11) is 0. The Bertz CT molecular complexity index is 700. The van der Waals surface area contributed by atoms with Gasteiger partial charge < -0.3 is 0 Å². The molecule has 0 saturated carbocycles. The number of aldehydes is 1. The minimum absolute atomic E-state index is 0.665. The van der Waals surface area contributed by atoms with E-state index in [9.17, 15) is 4.79 Å². The second-order valence-electron chi connectivity index (χ2n) is 4.49. The number of carbonyl (C=O) groups is 1. The first-order chi connectivity index (χ1) is 9.31. The molecule has 1 aliphatic heterocycles. The number of aryl methyl sites for hydroxylation is 2. The maximum Gasteiger partial charge on any atom is 0.151 e. The molecular weight excluding hydrogens is 254 g/mol. The zero-order valence-electron chi connectivity index (χ0n) is 10.2. The van der Waals surface area contributed by atoms with Crippen LogP contribution < -0.4 is 0 Å². The lowest BCUT2D eigenvalue weighted by molar-refractivity contribution is 0.112. The van der Waals surface area contributed by atoms with Crippen molar-refractivity contribution in [1.82, 2.24) is 0 Å². The van der Waals surface area contributed by atoms with Crippen molar-refractivity contribution in [3.8, 4) is 6.07 Å². The molecule has 0 atom stereocenters. The predicted molar refractivity (Wildman–Crippen MR) is 74.5 cm³/mol. The summed E-state index contributed by atoms with van der Waals surface area (Å²) in [5.74, 6) is 0. The van der Waals surface area contributed by atoms with Crippen molar-refractivity contribution in [1.29, 1.82) is 5.26 Å². The van der Waals surface area contributed by atoms with E-state index in [1.165, 1.54) is 11.1 Å². The van der Waals surface area contributed by atoms with E-state index in [2.05, 4.69) is 12.1 Å². The van der Waals surface area contributed by atoms with Gasteiger partial charge in [-0.05, 0) is 36.1 Å². The Morgan fingerprint density at radius 3 is 2.79 bits per heavy atom. The smallest absolute Gasteiger partial charge is 0.151 e. The van der Waals surface area contributed by atoms with Crippen molar-refractivity contribution in [2.24, 2.45) is 0 Å². The molecule has 2 nitrogen and oxygen atoms in total. The maximum atomic E-state index is 11.2. The van der Waals surface area contributed by atoms with Crippen LogP contribution in [0.2, 0.25) is 0 Å². The Hall–Kier alpha value is -2.05. The molecule has 0 unspecified atom stereocenters. The third-order valence-corrected chi connectivity index (χ3v) is 4.63. The second-order valence-corrected chi connectivity index (χ2v) is 5.54. The van der Waals surface area contributed by atoms with E-state index in [0.717, 1.165) is 34.5 Å². The molecular formula is C16H11NOS. The van der Waals surface area contributed by atoms with Crippen LogP contribution in [0.4, 0.5) is 0 Å². The number of hydrogen-bond donors (Lipinski definition) is 0. The molecule has 0 aromatic heterocycles. The van der Waals surface area contributed by atoms with Crippen molar-refractivity contribution in [3.05, 3.63) is 58.7 Å². The fourth-order valence-corrected chi connectivity index (χ4v) is 3.57. The minimum atomic E-state index is 0.665. The molecule has 19 heavy (non-hydrogen) atoms. The fourth-order valence-electron chi connectivity index (χ4n) is 2.32. The Morgan fingerprint density at radius 1 is 1.16 bits per heavy atom. The first kappa shape index (κ1) is 12.0. The zero-order valence-corrected chi connectivity index (χ0v) is 11.0. The molecule has 0 radical (unpaired) electrons. The number of nitrogens with zero attached hydrogens (tertiary/aromatic N) is 1. The molecule has 0 aliphatic carbocycles. The number of carbonyl (C=O) groups excluding carboxylic acids is 1. The lowest BCUT2D eigenvalue weighted by Crippen LogP contribution is -1.93. The van der Waals surface area contributed by atoms with Crippen molar-refractivity contribution in [2.45, 2.75) is 22.6 Å². The maximum absolute atomic E-state index is 11.2. The van der Waals surface area contributed by atoms with E-state index >= 15 is 0 Å². The van der Waals surface area contributed by atoms with Crippen LogP contribution in [0.25, 0.3) is 0 Å². The number of rotatable bonds is 1.